The van der Waals surface area contributed by atoms with Gasteiger partial charge in [-0.25, -0.2) is 9.59 Å². The van der Waals surface area contributed by atoms with Crippen molar-refractivity contribution < 1.29 is 14.7 Å². The summed E-state index contributed by atoms with van der Waals surface area (Å²) in [4.78, 5) is 24.7. The van der Waals surface area contributed by atoms with Crippen LogP contribution >= 0.6 is 0 Å². The number of carboxylic acid groups (broad SMARTS) is 1. The third-order valence-electron chi connectivity index (χ3n) is 4.78. The predicted octanol–water partition coefficient (Wildman–Crippen LogP) is 2.22. The number of rotatable bonds is 3. The van der Waals surface area contributed by atoms with Crippen molar-refractivity contribution in [2.75, 3.05) is 13.1 Å². The van der Waals surface area contributed by atoms with E-state index in [9.17, 15) is 9.59 Å². The smallest absolute Gasteiger partial charge is 0.326 e. The quantitative estimate of drug-likeness (QED) is 0.824. The highest BCUT2D eigenvalue weighted by Crippen LogP contribution is 2.46. The van der Waals surface area contributed by atoms with Crippen molar-refractivity contribution >= 4 is 12.0 Å². The minimum Gasteiger partial charge on any atom is -0.480 e. The van der Waals surface area contributed by atoms with Crippen molar-refractivity contribution in [1.82, 2.24) is 10.2 Å². The summed E-state index contributed by atoms with van der Waals surface area (Å²) in [6, 6.07) is -0.989. The van der Waals surface area contributed by atoms with Crippen molar-refractivity contribution in [2.24, 2.45) is 5.41 Å². The summed E-state index contributed by atoms with van der Waals surface area (Å²) in [6.07, 6.45) is 7.81. The van der Waals surface area contributed by atoms with Crippen LogP contribution in [0.1, 0.15) is 51.9 Å². The first-order chi connectivity index (χ1) is 9.06. The standard InChI is InChI=1S/C14H24N2O3/c1-2-11(12(17)18)15-13(19)16-9-7-14(8-10-16)5-3-4-6-14/h11H,2-10H2,1H3,(H,15,19)(H,17,18)/t11-/m0/s1. The molecule has 0 radical (unpaired) electrons. The average molecular weight is 268 g/mol. The minimum atomic E-state index is -0.958. The molecule has 2 N–H and O–H groups in total. The van der Waals surface area contributed by atoms with Gasteiger partial charge in [-0.05, 0) is 37.5 Å². The molecule has 1 spiro atoms. The maximum Gasteiger partial charge on any atom is 0.326 e. The van der Waals surface area contributed by atoms with Gasteiger partial charge >= 0.3 is 12.0 Å². The summed E-state index contributed by atoms with van der Waals surface area (Å²) in [5.74, 6) is -0.958. The molecule has 1 aliphatic heterocycles. The molecular formula is C14H24N2O3. The Hall–Kier alpha value is -1.26. The molecule has 1 aliphatic carbocycles. The predicted molar refractivity (Wildman–Crippen MR) is 72.0 cm³/mol. The number of aliphatic carboxylic acids is 1. The molecule has 19 heavy (non-hydrogen) atoms. The number of carbonyl (C=O) groups excluding carboxylic acids is 1. The highest BCUT2D eigenvalue weighted by atomic mass is 16.4. The molecule has 0 aromatic heterocycles. The first-order valence-electron chi connectivity index (χ1n) is 7.34. The number of nitrogens with one attached hydrogen (secondary N) is 1. The molecule has 1 heterocycles. The highest BCUT2D eigenvalue weighted by Gasteiger charge is 2.38. The Kier molecular flexibility index (Phi) is 4.32. The van der Waals surface area contributed by atoms with E-state index in [-0.39, 0.29) is 6.03 Å². The van der Waals surface area contributed by atoms with Gasteiger partial charge in [0.05, 0.1) is 0 Å². The summed E-state index contributed by atoms with van der Waals surface area (Å²) >= 11 is 0. The molecule has 1 atom stereocenters. The van der Waals surface area contributed by atoms with Crippen LogP contribution in [0.25, 0.3) is 0 Å². The summed E-state index contributed by atoms with van der Waals surface area (Å²) in [5.41, 5.74) is 0.480. The van der Waals surface area contributed by atoms with Gasteiger partial charge < -0.3 is 15.3 Å². The zero-order valence-corrected chi connectivity index (χ0v) is 11.7. The summed E-state index contributed by atoms with van der Waals surface area (Å²) in [5, 5.41) is 11.6. The molecule has 0 bridgehead atoms. The van der Waals surface area contributed by atoms with Crippen LogP contribution in [0.4, 0.5) is 4.79 Å². The summed E-state index contributed by atoms with van der Waals surface area (Å²) in [7, 11) is 0. The third kappa shape index (κ3) is 3.19. The summed E-state index contributed by atoms with van der Waals surface area (Å²) in [6.45, 7) is 3.30. The molecule has 0 aromatic carbocycles. The molecule has 5 heteroatoms. The second kappa shape index (κ2) is 5.80. The Labute approximate surface area is 114 Å². The molecule has 0 unspecified atom stereocenters. The van der Waals surface area contributed by atoms with E-state index >= 15 is 0 Å². The zero-order valence-electron chi connectivity index (χ0n) is 11.7. The number of nitrogens with zero attached hydrogens (tertiary/aromatic N) is 1. The first kappa shape index (κ1) is 14.2. The maximum atomic E-state index is 12.0. The van der Waals surface area contributed by atoms with E-state index in [0.717, 1.165) is 25.9 Å². The fraction of sp³-hybridized carbons (Fsp3) is 0.857. The Morgan fingerprint density at radius 1 is 1.21 bits per heavy atom. The SMILES string of the molecule is CC[C@H](NC(=O)N1CCC2(CCCC2)CC1)C(=O)O. The third-order valence-corrected chi connectivity index (χ3v) is 4.78. The summed E-state index contributed by atoms with van der Waals surface area (Å²) < 4.78 is 0. The van der Waals surface area contributed by atoms with E-state index in [1.54, 1.807) is 11.8 Å². The van der Waals surface area contributed by atoms with Crippen molar-refractivity contribution in [1.29, 1.82) is 0 Å². The molecule has 0 aromatic rings. The van der Waals surface area contributed by atoms with Crippen molar-refractivity contribution in [3.8, 4) is 0 Å². The molecule has 2 aliphatic rings. The van der Waals surface area contributed by atoms with Gasteiger partial charge in [0.2, 0.25) is 0 Å². The average Bonchev–Trinajstić information content (AvgIpc) is 2.84. The normalized spacial score (nSPS) is 23.3. The Bertz CT molecular complexity index is 341. The van der Waals surface area contributed by atoms with E-state index < -0.39 is 12.0 Å². The second-order valence-corrected chi connectivity index (χ2v) is 5.94. The van der Waals surface area contributed by atoms with Crippen LogP contribution in [-0.4, -0.2) is 41.1 Å². The van der Waals surface area contributed by atoms with Crippen LogP contribution in [0.3, 0.4) is 0 Å². The van der Waals surface area contributed by atoms with Crippen molar-refractivity contribution in [3.63, 3.8) is 0 Å². The van der Waals surface area contributed by atoms with Crippen LogP contribution < -0.4 is 5.32 Å². The monoisotopic (exact) mass is 268 g/mol. The van der Waals surface area contributed by atoms with Crippen LogP contribution in [0, 0.1) is 5.41 Å². The lowest BCUT2D eigenvalue weighted by molar-refractivity contribution is -0.139. The number of carboxylic acids is 1. The fourth-order valence-corrected chi connectivity index (χ4v) is 3.39. The molecule has 1 saturated carbocycles. The van der Waals surface area contributed by atoms with Crippen molar-refractivity contribution in [3.05, 3.63) is 0 Å². The minimum absolute atomic E-state index is 0.220. The van der Waals surface area contributed by atoms with E-state index in [1.165, 1.54) is 25.7 Å². The molecule has 2 amide bonds. The van der Waals surface area contributed by atoms with Crippen LogP contribution in [0.2, 0.25) is 0 Å². The lowest BCUT2D eigenvalue weighted by Gasteiger charge is -2.39. The van der Waals surface area contributed by atoms with Gasteiger partial charge in [-0.2, -0.15) is 0 Å². The maximum absolute atomic E-state index is 12.0. The number of likely N-dealkylation sites (tertiary alicyclic amines) is 1. The second-order valence-electron chi connectivity index (χ2n) is 5.94. The number of hydrogen-bond acceptors (Lipinski definition) is 2. The Morgan fingerprint density at radius 3 is 2.26 bits per heavy atom. The molecule has 2 fully saturated rings. The van der Waals surface area contributed by atoms with Gasteiger partial charge in [0, 0.05) is 13.1 Å². The van der Waals surface area contributed by atoms with Crippen LogP contribution in [-0.2, 0) is 4.79 Å². The van der Waals surface area contributed by atoms with E-state index in [4.69, 9.17) is 5.11 Å². The molecule has 108 valence electrons. The van der Waals surface area contributed by atoms with Crippen LogP contribution in [0.15, 0.2) is 0 Å². The van der Waals surface area contributed by atoms with Gasteiger partial charge in [-0.1, -0.05) is 19.8 Å². The zero-order chi connectivity index (χ0) is 13.9. The largest absolute Gasteiger partial charge is 0.480 e. The number of piperidine rings is 1. The Morgan fingerprint density at radius 2 is 1.79 bits per heavy atom. The topological polar surface area (TPSA) is 69.6 Å². The van der Waals surface area contributed by atoms with E-state index in [0.29, 0.717) is 11.8 Å². The lowest BCUT2D eigenvalue weighted by atomic mass is 9.77. The van der Waals surface area contributed by atoms with Gasteiger partial charge in [-0.15, -0.1) is 0 Å². The Balaban J connectivity index is 1.83. The van der Waals surface area contributed by atoms with Gasteiger partial charge in [0.25, 0.3) is 0 Å². The van der Waals surface area contributed by atoms with Crippen LogP contribution in [0.5, 0.6) is 0 Å². The molecule has 1 saturated heterocycles. The van der Waals surface area contributed by atoms with Gasteiger partial charge in [-0.3, -0.25) is 0 Å². The molecule has 2 rings (SSSR count). The fourth-order valence-electron chi connectivity index (χ4n) is 3.39. The number of urea groups is 1. The van der Waals surface area contributed by atoms with E-state index in [2.05, 4.69) is 5.32 Å². The first-order valence-corrected chi connectivity index (χ1v) is 7.34. The lowest BCUT2D eigenvalue weighted by Crippen LogP contribution is -2.51. The van der Waals surface area contributed by atoms with E-state index in [1.807, 2.05) is 0 Å². The number of hydrogen-bond donors (Lipinski definition) is 2. The highest BCUT2D eigenvalue weighted by molar-refractivity contribution is 5.82. The molecular weight excluding hydrogens is 244 g/mol. The van der Waals surface area contributed by atoms with Gasteiger partial charge in [0.1, 0.15) is 6.04 Å². The molecule has 5 nitrogen and oxygen atoms in total. The number of carbonyl (C=O) groups is 2. The van der Waals surface area contributed by atoms with Gasteiger partial charge in [0.15, 0.2) is 0 Å². The van der Waals surface area contributed by atoms with Crippen molar-refractivity contribution in [2.45, 2.75) is 57.9 Å². The number of amides is 2.